The Morgan fingerprint density at radius 1 is 1.26 bits per heavy atom. The maximum atomic E-state index is 11.7. The summed E-state index contributed by atoms with van der Waals surface area (Å²) in [5.74, 6) is -0.318. The van der Waals surface area contributed by atoms with Crippen LogP contribution in [0.2, 0.25) is 0 Å². The topological polar surface area (TPSA) is 54.4 Å². The predicted molar refractivity (Wildman–Crippen MR) is 75.2 cm³/mol. The number of carbonyl (C=O) groups is 1. The highest BCUT2D eigenvalue weighted by Crippen LogP contribution is 2.07. The zero-order chi connectivity index (χ0) is 13.7. The third-order valence-electron chi connectivity index (χ3n) is 2.69. The van der Waals surface area contributed by atoms with Crippen molar-refractivity contribution in [3.05, 3.63) is 65.0 Å². The van der Waals surface area contributed by atoms with E-state index >= 15 is 0 Å². The molecule has 1 N–H and O–H groups in total. The molecule has 4 heteroatoms. The molecule has 2 aromatic rings. The van der Waals surface area contributed by atoms with Crippen LogP contribution in [-0.2, 0) is 0 Å². The standard InChI is InChI=1S/C15H15N3O/c1-11-6-7-13(12(2)9-11)10-17-18-15(19)14-5-3-4-8-16-14/h3-10H,1-2H3,(H,18,19)/b17-10-. The number of nitrogens with zero attached hydrogens (tertiary/aromatic N) is 2. The van der Waals surface area contributed by atoms with Crippen LogP contribution in [0.25, 0.3) is 0 Å². The predicted octanol–water partition coefficient (Wildman–Crippen LogP) is 2.46. The van der Waals surface area contributed by atoms with Gasteiger partial charge < -0.3 is 0 Å². The third-order valence-corrected chi connectivity index (χ3v) is 2.69. The van der Waals surface area contributed by atoms with Crippen LogP contribution in [-0.4, -0.2) is 17.1 Å². The highest BCUT2D eigenvalue weighted by Gasteiger charge is 2.03. The fourth-order valence-corrected chi connectivity index (χ4v) is 1.69. The molecule has 19 heavy (non-hydrogen) atoms. The fraction of sp³-hybridized carbons (Fsp3) is 0.133. The van der Waals surface area contributed by atoms with E-state index < -0.39 is 0 Å². The Labute approximate surface area is 112 Å². The molecule has 0 spiro atoms. The lowest BCUT2D eigenvalue weighted by atomic mass is 10.1. The third kappa shape index (κ3) is 3.48. The summed E-state index contributed by atoms with van der Waals surface area (Å²) >= 11 is 0. The number of carbonyl (C=O) groups excluding carboxylic acids is 1. The van der Waals surface area contributed by atoms with E-state index in [1.54, 1.807) is 30.6 Å². The molecule has 0 unspecified atom stereocenters. The second kappa shape index (κ2) is 5.91. The Balaban J connectivity index is 2.02. The molecule has 96 valence electrons. The van der Waals surface area contributed by atoms with Crippen molar-refractivity contribution >= 4 is 12.1 Å². The molecule has 0 atom stereocenters. The maximum absolute atomic E-state index is 11.7. The van der Waals surface area contributed by atoms with Crippen molar-refractivity contribution in [3.63, 3.8) is 0 Å². The Morgan fingerprint density at radius 3 is 2.79 bits per heavy atom. The van der Waals surface area contributed by atoms with Gasteiger partial charge in [0, 0.05) is 6.20 Å². The SMILES string of the molecule is Cc1ccc(/C=N\NC(=O)c2ccccn2)c(C)c1. The molecule has 0 fully saturated rings. The first-order valence-corrected chi connectivity index (χ1v) is 5.98. The molecule has 4 nitrogen and oxygen atoms in total. The first-order valence-electron chi connectivity index (χ1n) is 5.98. The summed E-state index contributed by atoms with van der Waals surface area (Å²) in [6.07, 6.45) is 3.21. The molecule has 1 aromatic carbocycles. The largest absolute Gasteiger partial charge is 0.289 e. The minimum Gasteiger partial charge on any atom is -0.266 e. The Hall–Kier alpha value is -2.49. The Morgan fingerprint density at radius 2 is 2.11 bits per heavy atom. The lowest BCUT2D eigenvalue weighted by Crippen LogP contribution is -2.18. The first-order chi connectivity index (χ1) is 9.16. The lowest BCUT2D eigenvalue weighted by molar-refractivity contribution is 0.0950. The van der Waals surface area contributed by atoms with Crippen molar-refractivity contribution in [2.75, 3.05) is 0 Å². The number of nitrogens with one attached hydrogen (secondary N) is 1. The molecule has 0 radical (unpaired) electrons. The number of aromatic nitrogens is 1. The van der Waals surface area contributed by atoms with Crippen LogP contribution in [0.1, 0.15) is 27.2 Å². The summed E-state index contributed by atoms with van der Waals surface area (Å²) in [6.45, 7) is 4.05. The van der Waals surface area contributed by atoms with Gasteiger partial charge in [0.2, 0.25) is 0 Å². The van der Waals surface area contributed by atoms with Crippen molar-refractivity contribution < 1.29 is 4.79 Å². The molecule has 0 bridgehead atoms. The van der Waals surface area contributed by atoms with Crippen molar-refractivity contribution in [1.29, 1.82) is 0 Å². The normalized spacial score (nSPS) is 10.6. The molecule has 0 aliphatic heterocycles. The van der Waals surface area contributed by atoms with E-state index in [2.05, 4.69) is 21.6 Å². The number of hydrogen-bond donors (Lipinski definition) is 1. The lowest BCUT2D eigenvalue weighted by Gasteiger charge is -2.01. The molecule has 0 saturated heterocycles. The zero-order valence-electron chi connectivity index (χ0n) is 10.9. The monoisotopic (exact) mass is 253 g/mol. The fourth-order valence-electron chi connectivity index (χ4n) is 1.69. The van der Waals surface area contributed by atoms with Crippen molar-refractivity contribution in [3.8, 4) is 0 Å². The van der Waals surface area contributed by atoms with Crippen molar-refractivity contribution in [2.24, 2.45) is 5.10 Å². The molecular weight excluding hydrogens is 238 g/mol. The van der Waals surface area contributed by atoms with Crippen molar-refractivity contribution in [2.45, 2.75) is 13.8 Å². The van der Waals surface area contributed by atoms with Crippen LogP contribution in [0.5, 0.6) is 0 Å². The van der Waals surface area contributed by atoms with Crippen LogP contribution in [0, 0.1) is 13.8 Å². The summed E-state index contributed by atoms with van der Waals surface area (Å²) in [6, 6.07) is 11.2. The molecule has 1 amide bonds. The Bertz CT molecular complexity index is 606. The van der Waals surface area contributed by atoms with Gasteiger partial charge in [-0.3, -0.25) is 9.78 Å². The quantitative estimate of drug-likeness (QED) is 0.674. The van der Waals surface area contributed by atoms with Gasteiger partial charge in [-0.1, -0.05) is 29.8 Å². The molecule has 0 aliphatic rings. The van der Waals surface area contributed by atoms with E-state index in [4.69, 9.17) is 0 Å². The first kappa shape index (κ1) is 13.0. The van der Waals surface area contributed by atoms with Gasteiger partial charge in [-0.05, 0) is 37.1 Å². The van der Waals surface area contributed by atoms with Crippen LogP contribution < -0.4 is 5.43 Å². The van der Waals surface area contributed by atoms with E-state index in [1.165, 1.54) is 5.56 Å². The van der Waals surface area contributed by atoms with E-state index in [9.17, 15) is 4.79 Å². The zero-order valence-corrected chi connectivity index (χ0v) is 10.9. The van der Waals surface area contributed by atoms with E-state index in [0.717, 1.165) is 11.1 Å². The second-order valence-electron chi connectivity index (χ2n) is 4.27. The van der Waals surface area contributed by atoms with Gasteiger partial charge in [-0.25, -0.2) is 5.43 Å². The summed E-state index contributed by atoms with van der Waals surface area (Å²) < 4.78 is 0. The van der Waals surface area contributed by atoms with Crippen LogP contribution in [0.15, 0.2) is 47.7 Å². The summed E-state index contributed by atoms with van der Waals surface area (Å²) in [5, 5.41) is 3.94. The van der Waals surface area contributed by atoms with Crippen molar-refractivity contribution in [1.82, 2.24) is 10.4 Å². The highest BCUT2D eigenvalue weighted by atomic mass is 16.2. The summed E-state index contributed by atoms with van der Waals surface area (Å²) in [7, 11) is 0. The van der Waals surface area contributed by atoms with Gasteiger partial charge in [-0.2, -0.15) is 5.10 Å². The van der Waals surface area contributed by atoms with E-state index in [1.807, 2.05) is 26.0 Å². The number of rotatable bonds is 3. The average molecular weight is 253 g/mol. The Kier molecular flexibility index (Phi) is 4.03. The van der Waals surface area contributed by atoms with Gasteiger partial charge in [0.05, 0.1) is 6.21 Å². The van der Waals surface area contributed by atoms with Crippen LogP contribution in [0.3, 0.4) is 0 Å². The summed E-state index contributed by atoms with van der Waals surface area (Å²) in [4.78, 5) is 15.6. The number of hydrogen-bond acceptors (Lipinski definition) is 3. The van der Waals surface area contributed by atoms with Gasteiger partial charge in [0.1, 0.15) is 5.69 Å². The van der Waals surface area contributed by atoms with Gasteiger partial charge >= 0.3 is 0 Å². The molecule has 1 heterocycles. The van der Waals surface area contributed by atoms with Crippen LogP contribution >= 0.6 is 0 Å². The number of pyridine rings is 1. The molecule has 2 rings (SSSR count). The second-order valence-corrected chi connectivity index (χ2v) is 4.27. The molecular formula is C15H15N3O. The smallest absolute Gasteiger partial charge is 0.266 e. The molecule has 0 saturated carbocycles. The number of benzene rings is 1. The van der Waals surface area contributed by atoms with Gasteiger partial charge in [0.25, 0.3) is 5.91 Å². The maximum Gasteiger partial charge on any atom is 0.289 e. The van der Waals surface area contributed by atoms with Crippen LogP contribution in [0.4, 0.5) is 0 Å². The van der Waals surface area contributed by atoms with E-state index in [-0.39, 0.29) is 5.91 Å². The number of hydrazone groups is 1. The minimum atomic E-state index is -0.318. The number of amides is 1. The molecule has 0 aliphatic carbocycles. The van der Waals surface area contributed by atoms with Gasteiger partial charge in [-0.15, -0.1) is 0 Å². The number of aryl methyl sites for hydroxylation is 2. The minimum absolute atomic E-state index is 0.318. The summed E-state index contributed by atoms with van der Waals surface area (Å²) in [5.41, 5.74) is 6.11. The molecule has 1 aromatic heterocycles. The van der Waals surface area contributed by atoms with E-state index in [0.29, 0.717) is 5.69 Å². The highest BCUT2D eigenvalue weighted by molar-refractivity contribution is 5.93. The van der Waals surface area contributed by atoms with Gasteiger partial charge in [0.15, 0.2) is 0 Å². The average Bonchev–Trinajstić information content (AvgIpc) is 2.42.